The first kappa shape index (κ1) is 32.5. The maximum Gasteiger partial charge on any atom is 0.261 e. The molecule has 0 bridgehead atoms. The predicted octanol–water partition coefficient (Wildman–Crippen LogP) is 4.51. The molecule has 0 saturated heterocycles. The van der Waals surface area contributed by atoms with E-state index in [4.69, 9.17) is 28.1 Å². The fourth-order valence-corrected chi connectivity index (χ4v) is 10.7. The number of aliphatic hydroxyl groups is 1. The first-order valence-corrected chi connectivity index (χ1v) is 16.5. The average Bonchev–Trinajstić information content (AvgIpc) is 3.00. The lowest BCUT2D eigenvalue weighted by atomic mass is 9.81. The van der Waals surface area contributed by atoms with E-state index in [-0.39, 0.29) is 24.5 Å². The van der Waals surface area contributed by atoms with Crippen LogP contribution in [0.1, 0.15) is 32.8 Å². The number of rotatable bonds is 14. The fraction of sp³-hybridized carbons (Fsp3) is 0.471. The van der Waals surface area contributed by atoms with Crippen molar-refractivity contribution in [3.05, 3.63) is 96.6 Å². The van der Waals surface area contributed by atoms with Crippen LogP contribution in [0.25, 0.3) is 0 Å². The Labute approximate surface area is 251 Å². The van der Waals surface area contributed by atoms with Crippen LogP contribution in [0.5, 0.6) is 0 Å². The molecule has 5 atom stereocenters. The Bertz CT molecular complexity index is 1130. The van der Waals surface area contributed by atoms with E-state index in [2.05, 4.69) is 69.3 Å². The van der Waals surface area contributed by atoms with Gasteiger partial charge in [0.25, 0.3) is 8.32 Å². The number of hydrogen-bond donors (Lipinski definition) is 1. The summed E-state index contributed by atoms with van der Waals surface area (Å²) in [5, 5.41) is 14.0. The maximum atomic E-state index is 11.7. The van der Waals surface area contributed by atoms with Crippen molar-refractivity contribution in [2.45, 2.75) is 63.3 Å². The third kappa shape index (κ3) is 7.56. The highest BCUT2D eigenvalue weighted by Gasteiger charge is 2.52. The zero-order valence-corrected chi connectivity index (χ0v) is 26.5. The van der Waals surface area contributed by atoms with E-state index in [9.17, 15) is 5.11 Å². The van der Waals surface area contributed by atoms with Crippen molar-refractivity contribution in [3.63, 3.8) is 0 Å². The number of methoxy groups -OCH3 is 2. The summed E-state index contributed by atoms with van der Waals surface area (Å²) in [6, 6.07) is 31.1. The Balaban J connectivity index is 1.70. The second-order valence-corrected chi connectivity index (χ2v) is 16.2. The van der Waals surface area contributed by atoms with E-state index >= 15 is 0 Å². The summed E-state index contributed by atoms with van der Waals surface area (Å²) < 4.78 is 36.2. The van der Waals surface area contributed by atoms with Gasteiger partial charge < -0.3 is 33.2 Å². The molecule has 0 radical (unpaired) electrons. The summed E-state index contributed by atoms with van der Waals surface area (Å²) >= 11 is 0. The van der Waals surface area contributed by atoms with Gasteiger partial charge in [-0.1, -0.05) is 112 Å². The van der Waals surface area contributed by atoms with Gasteiger partial charge in [0, 0.05) is 26.7 Å². The first-order chi connectivity index (χ1) is 20.3. The molecule has 0 unspecified atom stereocenters. The molecule has 42 heavy (non-hydrogen) atoms. The summed E-state index contributed by atoms with van der Waals surface area (Å²) in [5.74, 6) is -0.172. The lowest BCUT2D eigenvalue weighted by Crippen LogP contribution is -2.67. The van der Waals surface area contributed by atoms with E-state index in [0.717, 1.165) is 5.56 Å². The largest absolute Gasteiger partial charge is 0.407 e. The Morgan fingerprint density at radius 3 is 1.76 bits per heavy atom. The highest BCUT2D eigenvalue weighted by molar-refractivity contribution is 6.99. The molecule has 0 amide bonds. The molecule has 0 heterocycles. The number of aliphatic hydroxyl groups excluding tert-OH is 1. The third-order valence-electron chi connectivity index (χ3n) is 8.03. The normalized spacial score (nSPS) is 23.1. The van der Waals surface area contributed by atoms with Crippen LogP contribution in [0.2, 0.25) is 5.04 Å². The average molecular weight is 595 g/mol. The molecule has 8 heteroatoms. The van der Waals surface area contributed by atoms with Crippen LogP contribution in [-0.4, -0.2) is 72.3 Å². The molecule has 7 nitrogen and oxygen atoms in total. The smallest absolute Gasteiger partial charge is 0.261 e. The van der Waals surface area contributed by atoms with Crippen LogP contribution in [-0.2, 0) is 34.7 Å². The van der Waals surface area contributed by atoms with Gasteiger partial charge in [-0.2, -0.15) is 0 Å². The van der Waals surface area contributed by atoms with Gasteiger partial charge in [-0.25, -0.2) is 0 Å². The van der Waals surface area contributed by atoms with E-state index in [1.54, 1.807) is 14.2 Å². The quantitative estimate of drug-likeness (QED) is 0.218. The van der Waals surface area contributed by atoms with E-state index in [1.165, 1.54) is 10.4 Å². The Kier molecular flexibility index (Phi) is 11.9. The van der Waals surface area contributed by atoms with Crippen molar-refractivity contribution < 1.29 is 33.2 Å². The van der Waals surface area contributed by atoms with Gasteiger partial charge in [-0.15, -0.1) is 0 Å². The summed E-state index contributed by atoms with van der Waals surface area (Å²) in [5.41, 5.74) is 1.03. The Morgan fingerprint density at radius 1 is 0.714 bits per heavy atom. The van der Waals surface area contributed by atoms with Crippen LogP contribution in [0.3, 0.4) is 0 Å². The van der Waals surface area contributed by atoms with Gasteiger partial charge >= 0.3 is 0 Å². The van der Waals surface area contributed by atoms with Gasteiger partial charge in [-0.05, 0) is 27.4 Å². The molecule has 0 aromatic heterocycles. The summed E-state index contributed by atoms with van der Waals surface area (Å²) in [6.45, 7) is 7.64. The van der Waals surface area contributed by atoms with Crippen molar-refractivity contribution in [2.75, 3.05) is 34.4 Å². The highest BCUT2D eigenvalue weighted by atomic mass is 28.4. The van der Waals surface area contributed by atoms with Crippen molar-refractivity contribution in [3.8, 4) is 0 Å². The Morgan fingerprint density at radius 2 is 1.24 bits per heavy atom. The van der Waals surface area contributed by atoms with Crippen LogP contribution in [0.4, 0.5) is 0 Å². The zero-order valence-electron chi connectivity index (χ0n) is 25.5. The van der Waals surface area contributed by atoms with Crippen molar-refractivity contribution >= 4 is 18.7 Å². The molecule has 3 aromatic carbocycles. The number of hydrogen-bond acceptors (Lipinski definition) is 7. The third-order valence-corrected chi connectivity index (χ3v) is 13.0. The molecule has 1 aliphatic carbocycles. The molecule has 3 aromatic rings. The summed E-state index contributed by atoms with van der Waals surface area (Å²) in [7, 11) is 0.332. The predicted molar refractivity (Wildman–Crippen MR) is 166 cm³/mol. The molecule has 0 aliphatic heterocycles. The summed E-state index contributed by atoms with van der Waals surface area (Å²) in [6.07, 6.45) is -2.03. The molecule has 228 valence electrons. The standard InChI is InChI=1S/C34H46O7Si/c1-34(2,3)42(28-17-11-7-12-18-28,29-19-13-8-14-20-29)41-23-27-21-30(39-24-36-4)33(40-25-37-5)31(35)32(27)38-22-26-15-9-6-10-16-26/h6-20,27,30-33,35H,21-25H2,1-5H3/t27-,30-,31-,32-,33-/m1/s1. The molecular weight excluding hydrogens is 548 g/mol. The second-order valence-electron chi connectivity index (χ2n) is 11.9. The number of ether oxygens (including phenoxy) is 5. The van der Waals surface area contributed by atoms with Crippen LogP contribution in [0.15, 0.2) is 91.0 Å². The van der Waals surface area contributed by atoms with Gasteiger partial charge in [0.2, 0.25) is 0 Å². The van der Waals surface area contributed by atoms with E-state index < -0.39 is 32.7 Å². The van der Waals surface area contributed by atoms with Crippen molar-refractivity contribution in [1.29, 1.82) is 0 Å². The van der Waals surface area contributed by atoms with Gasteiger partial charge in [0.1, 0.15) is 25.8 Å². The molecule has 1 saturated carbocycles. The van der Waals surface area contributed by atoms with Crippen molar-refractivity contribution in [2.24, 2.45) is 5.92 Å². The minimum atomic E-state index is -2.81. The molecular formula is C34H46O7Si. The first-order valence-electron chi connectivity index (χ1n) is 14.6. The molecule has 1 aliphatic rings. The lowest BCUT2D eigenvalue weighted by Gasteiger charge is -2.47. The monoisotopic (exact) mass is 594 g/mol. The second kappa shape index (κ2) is 15.4. The van der Waals surface area contributed by atoms with Crippen LogP contribution >= 0.6 is 0 Å². The topological polar surface area (TPSA) is 75.6 Å². The zero-order chi connectivity index (χ0) is 30.0. The van der Waals surface area contributed by atoms with Crippen LogP contribution in [0, 0.1) is 5.92 Å². The number of benzene rings is 3. The Hall–Kier alpha value is -2.40. The SMILES string of the molecule is COCO[C@H]1[C@H](O)[C@H](OCc2ccccc2)[C@@H](CO[Si](c2ccccc2)(c2ccccc2)C(C)(C)C)C[C@H]1OCOC. The minimum Gasteiger partial charge on any atom is -0.407 e. The van der Waals surface area contributed by atoms with Gasteiger partial charge in [-0.3, -0.25) is 0 Å². The fourth-order valence-electron chi connectivity index (χ4n) is 6.08. The van der Waals surface area contributed by atoms with Gasteiger partial charge in [0.05, 0.1) is 18.8 Å². The van der Waals surface area contributed by atoms with Gasteiger partial charge in [0.15, 0.2) is 0 Å². The van der Waals surface area contributed by atoms with Crippen LogP contribution < -0.4 is 10.4 Å². The minimum absolute atomic E-state index is 0.0310. The van der Waals surface area contributed by atoms with E-state index in [1.807, 2.05) is 42.5 Å². The lowest BCUT2D eigenvalue weighted by molar-refractivity contribution is -0.240. The molecule has 1 fully saturated rings. The summed E-state index contributed by atoms with van der Waals surface area (Å²) in [4.78, 5) is 0. The highest BCUT2D eigenvalue weighted by Crippen LogP contribution is 2.39. The molecule has 4 rings (SSSR count). The molecule has 1 N–H and O–H groups in total. The molecule has 0 spiro atoms. The maximum absolute atomic E-state index is 11.7. The van der Waals surface area contributed by atoms with Crippen molar-refractivity contribution in [1.82, 2.24) is 0 Å². The van der Waals surface area contributed by atoms with E-state index in [0.29, 0.717) is 19.6 Å².